The molecule has 1 N–H and O–H groups in total. The van der Waals surface area contributed by atoms with Crippen LogP contribution in [0.4, 0.5) is 0 Å². The molecule has 4 rings (SSSR count). The highest BCUT2D eigenvalue weighted by molar-refractivity contribution is 5.71. The van der Waals surface area contributed by atoms with Crippen LogP contribution in [0, 0.1) is 28.6 Å². The highest BCUT2D eigenvalue weighted by Gasteiger charge is 2.52. The summed E-state index contributed by atoms with van der Waals surface area (Å²) in [5.41, 5.74) is -1.33. The second-order valence-corrected chi connectivity index (χ2v) is 17.5. The summed E-state index contributed by atoms with van der Waals surface area (Å²) in [5.74, 6) is 0.321. The van der Waals surface area contributed by atoms with Crippen molar-refractivity contribution in [1.82, 2.24) is 0 Å². The summed E-state index contributed by atoms with van der Waals surface area (Å²) in [7, 11) is 0. The lowest BCUT2D eigenvalue weighted by atomic mass is 9.49. The Bertz CT molecular complexity index is 1190. The molecular weight excluding hydrogens is 741 g/mol. The van der Waals surface area contributed by atoms with Crippen molar-refractivity contribution < 1.29 is 52.8 Å². The third kappa shape index (κ3) is 20.2. The average molecular weight is 817 g/mol. The maximum atomic E-state index is 13.3. The number of aliphatic hydroxyl groups excluding tert-OH is 1. The molecule has 11 heteroatoms. The molecule has 0 spiro atoms. The van der Waals surface area contributed by atoms with Gasteiger partial charge in [-0.2, -0.15) is 0 Å². The van der Waals surface area contributed by atoms with E-state index in [0.29, 0.717) is 88.8 Å². The Balaban J connectivity index is 1.39. The summed E-state index contributed by atoms with van der Waals surface area (Å²) in [4.78, 5) is 63.0. The van der Waals surface area contributed by atoms with Gasteiger partial charge in [-0.3, -0.25) is 24.0 Å². The van der Waals surface area contributed by atoms with E-state index in [0.717, 1.165) is 70.6 Å². The molecule has 0 unspecified atom stereocenters. The van der Waals surface area contributed by atoms with E-state index in [-0.39, 0.29) is 56.0 Å². The van der Waals surface area contributed by atoms with E-state index < -0.39 is 24.0 Å². The SMILES string of the molecule is CC/C=C\CCCCOC(=O)CCCCCC(=O)OCC(CO)(COC(=O)CCCCCC(=O)OCCCC/C=C\CC)COC(=O)CC12CC3CC(CC(C3)C1)C2. The minimum atomic E-state index is -1.31. The molecule has 330 valence electrons. The Hall–Kier alpha value is -3.21. The Morgan fingerprint density at radius 1 is 0.517 bits per heavy atom. The van der Waals surface area contributed by atoms with Gasteiger partial charge >= 0.3 is 29.8 Å². The maximum Gasteiger partial charge on any atom is 0.306 e. The summed E-state index contributed by atoms with van der Waals surface area (Å²) < 4.78 is 27.6. The van der Waals surface area contributed by atoms with Gasteiger partial charge in [0.05, 0.1) is 31.7 Å². The van der Waals surface area contributed by atoms with Gasteiger partial charge in [-0.15, -0.1) is 0 Å². The molecule has 4 aliphatic carbocycles. The molecule has 4 saturated carbocycles. The number of unbranched alkanes of at least 4 members (excludes halogenated alkanes) is 8. The summed E-state index contributed by atoms with van der Waals surface area (Å²) in [6.45, 7) is 3.70. The number of allylic oxidation sites excluding steroid dienone is 4. The van der Waals surface area contributed by atoms with E-state index in [4.69, 9.17) is 23.7 Å². The van der Waals surface area contributed by atoms with Gasteiger partial charge in [0.2, 0.25) is 0 Å². The zero-order valence-corrected chi connectivity index (χ0v) is 36.0. The van der Waals surface area contributed by atoms with Gasteiger partial charge < -0.3 is 28.8 Å². The van der Waals surface area contributed by atoms with Gasteiger partial charge in [0, 0.05) is 25.7 Å². The van der Waals surface area contributed by atoms with E-state index in [1.807, 2.05) is 0 Å². The third-order valence-corrected chi connectivity index (χ3v) is 12.0. The molecule has 0 atom stereocenters. The van der Waals surface area contributed by atoms with Gasteiger partial charge in [0.1, 0.15) is 19.8 Å². The van der Waals surface area contributed by atoms with E-state index in [1.165, 1.54) is 19.3 Å². The Morgan fingerprint density at radius 3 is 1.28 bits per heavy atom. The molecule has 0 aliphatic heterocycles. The predicted molar refractivity (Wildman–Crippen MR) is 222 cm³/mol. The topological polar surface area (TPSA) is 152 Å². The number of aliphatic hydroxyl groups is 1. The number of carbonyl (C=O) groups excluding carboxylic acids is 5. The van der Waals surface area contributed by atoms with Crippen molar-refractivity contribution >= 4 is 29.8 Å². The molecule has 0 amide bonds. The number of carbonyl (C=O) groups is 5. The molecule has 0 heterocycles. The standard InChI is InChI=1S/C47H76O11/c1-3-5-7-9-11-19-25-54-41(49)21-15-13-17-23-43(51)56-35-47(34-48,37-58-45(53)33-46-30-38-27-39(31-46)29-40(28-38)32-46)36-57-44(52)24-18-14-16-22-42(50)55-26-20-12-10-8-6-4-2/h5-8,38-40,48H,3-4,9-37H2,1-2H3/b7-5-,8-6-. The smallest absolute Gasteiger partial charge is 0.306 e. The summed E-state index contributed by atoms with van der Waals surface area (Å²) >= 11 is 0. The van der Waals surface area contributed by atoms with Gasteiger partial charge in [0.15, 0.2) is 0 Å². The van der Waals surface area contributed by atoms with Crippen LogP contribution in [-0.2, 0) is 47.7 Å². The molecule has 0 radical (unpaired) electrons. The van der Waals surface area contributed by atoms with Crippen LogP contribution in [0.1, 0.15) is 174 Å². The fourth-order valence-corrected chi connectivity index (χ4v) is 9.22. The van der Waals surface area contributed by atoms with Crippen LogP contribution < -0.4 is 0 Å². The lowest BCUT2D eigenvalue weighted by Gasteiger charge is -2.56. The van der Waals surface area contributed by atoms with Crippen molar-refractivity contribution in [3.8, 4) is 0 Å². The van der Waals surface area contributed by atoms with Gasteiger partial charge in [-0.25, -0.2) is 0 Å². The van der Waals surface area contributed by atoms with Crippen molar-refractivity contribution in [2.75, 3.05) is 39.6 Å². The first kappa shape index (κ1) is 49.2. The van der Waals surface area contributed by atoms with E-state index in [1.54, 1.807) is 0 Å². The van der Waals surface area contributed by atoms with E-state index in [2.05, 4.69) is 38.2 Å². The van der Waals surface area contributed by atoms with Crippen molar-refractivity contribution in [2.45, 2.75) is 174 Å². The maximum absolute atomic E-state index is 13.3. The zero-order chi connectivity index (χ0) is 41.9. The highest BCUT2D eigenvalue weighted by atomic mass is 16.6. The molecule has 0 aromatic carbocycles. The number of esters is 5. The Kier molecular flexibility index (Phi) is 24.0. The minimum Gasteiger partial charge on any atom is -0.466 e. The fourth-order valence-electron chi connectivity index (χ4n) is 9.22. The first-order valence-corrected chi connectivity index (χ1v) is 22.8. The van der Waals surface area contributed by atoms with Crippen molar-refractivity contribution in [2.24, 2.45) is 28.6 Å². The molecule has 4 aliphatic rings. The number of hydrogen-bond donors (Lipinski definition) is 1. The van der Waals surface area contributed by atoms with Crippen LogP contribution in [-0.4, -0.2) is 74.6 Å². The lowest BCUT2D eigenvalue weighted by molar-refractivity contribution is -0.168. The van der Waals surface area contributed by atoms with Gasteiger partial charge in [-0.05, 0) is 139 Å². The molecular formula is C47H76O11. The van der Waals surface area contributed by atoms with E-state index in [9.17, 15) is 29.1 Å². The zero-order valence-electron chi connectivity index (χ0n) is 36.0. The molecule has 0 aromatic heterocycles. The summed E-state index contributed by atoms with van der Waals surface area (Å²) in [6, 6.07) is 0. The quantitative estimate of drug-likeness (QED) is 0.0292. The largest absolute Gasteiger partial charge is 0.466 e. The fraction of sp³-hybridized carbons (Fsp3) is 0.809. The predicted octanol–water partition coefficient (Wildman–Crippen LogP) is 9.46. The van der Waals surface area contributed by atoms with Crippen molar-refractivity contribution in [3.63, 3.8) is 0 Å². The Morgan fingerprint density at radius 2 is 0.897 bits per heavy atom. The van der Waals surface area contributed by atoms with Crippen LogP contribution in [0.3, 0.4) is 0 Å². The average Bonchev–Trinajstić information content (AvgIpc) is 3.19. The van der Waals surface area contributed by atoms with Crippen LogP contribution in [0.5, 0.6) is 0 Å². The van der Waals surface area contributed by atoms with Gasteiger partial charge in [-0.1, -0.05) is 51.0 Å². The second kappa shape index (κ2) is 28.3. The van der Waals surface area contributed by atoms with Gasteiger partial charge in [0.25, 0.3) is 0 Å². The number of rotatable bonds is 33. The first-order valence-electron chi connectivity index (χ1n) is 22.8. The van der Waals surface area contributed by atoms with Crippen LogP contribution in [0.15, 0.2) is 24.3 Å². The van der Waals surface area contributed by atoms with E-state index >= 15 is 0 Å². The molecule has 11 nitrogen and oxygen atoms in total. The van der Waals surface area contributed by atoms with Crippen molar-refractivity contribution in [3.05, 3.63) is 24.3 Å². The molecule has 0 aromatic rings. The normalized spacial score (nSPS) is 21.1. The molecule has 4 fully saturated rings. The lowest BCUT2D eigenvalue weighted by Crippen LogP contribution is -2.47. The highest BCUT2D eigenvalue weighted by Crippen LogP contribution is 2.61. The van der Waals surface area contributed by atoms with Crippen molar-refractivity contribution in [1.29, 1.82) is 0 Å². The summed E-state index contributed by atoms with van der Waals surface area (Å²) in [5, 5.41) is 10.6. The van der Waals surface area contributed by atoms with Crippen LogP contribution in [0.2, 0.25) is 0 Å². The monoisotopic (exact) mass is 817 g/mol. The number of ether oxygens (including phenoxy) is 5. The molecule has 4 bridgehead atoms. The van der Waals surface area contributed by atoms with Crippen LogP contribution in [0.25, 0.3) is 0 Å². The number of hydrogen-bond acceptors (Lipinski definition) is 11. The second-order valence-electron chi connectivity index (χ2n) is 17.5. The first-order chi connectivity index (χ1) is 28.1. The minimum absolute atomic E-state index is 0.0164. The Labute approximate surface area is 348 Å². The summed E-state index contributed by atoms with van der Waals surface area (Å²) in [6.07, 6.45) is 27.9. The molecule has 0 saturated heterocycles. The molecule has 58 heavy (non-hydrogen) atoms. The van der Waals surface area contributed by atoms with Crippen LogP contribution >= 0.6 is 0 Å². The third-order valence-electron chi connectivity index (χ3n) is 12.0.